The first-order valence-corrected chi connectivity index (χ1v) is 10.5. The zero-order chi connectivity index (χ0) is 22.4. The van der Waals surface area contributed by atoms with Gasteiger partial charge in [-0.25, -0.2) is 4.79 Å². The zero-order valence-corrected chi connectivity index (χ0v) is 18.7. The highest BCUT2D eigenvalue weighted by Crippen LogP contribution is 2.24. The molecule has 0 radical (unpaired) electrons. The summed E-state index contributed by atoms with van der Waals surface area (Å²) >= 11 is 0. The molecule has 164 valence electrons. The van der Waals surface area contributed by atoms with Gasteiger partial charge in [0.2, 0.25) is 5.91 Å². The van der Waals surface area contributed by atoms with Crippen molar-refractivity contribution in [3.63, 3.8) is 0 Å². The fourth-order valence-corrected chi connectivity index (χ4v) is 3.60. The van der Waals surface area contributed by atoms with Crippen molar-refractivity contribution in [1.29, 1.82) is 0 Å². The Hall–Kier alpha value is -3.12. The summed E-state index contributed by atoms with van der Waals surface area (Å²) in [7, 11) is 5.55. The second-order valence-corrected chi connectivity index (χ2v) is 7.96. The van der Waals surface area contributed by atoms with E-state index in [1.54, 1.807) is 13.2 Å². The van der Waals surface area contributed by atoms with Gasteiger partial charge in [0.25, 0.3) is 0 Å². The number of carbonyl (C=O) groups is 1. The number of fused-ring (bicyclic) bond motifs is 1. The molecule has 0 unspecified atom stereocenters. The van der Waals surface area contributed by atoms with Gasteiger partial charge in [0.15, 0.2) is 0 Å². The second-order valence-electron chi connectivity index (χ2n) is 7.96. The number of aryl methyl sites for hydroxylation is 1. The Kier molecular flexibility index (Phi) is 7.47. The highest BCUT2D eigenvalue weighted by Gasteiger charge is 2.18. The van der Waals surface area contributed by atoms with Crippen LogP contribution in [0.2, 0.25) is 0 Å². The van der Waals surface area contributed by atoms with Gasteiger partial charge in [-0.3, -0.25) is 4.79 Å². The first-order valence-electron chi connectivity index (χ1n) is 10.5. The minimum atomic E-state index is -0.394. The monoisotopic (exact) mass is 422 g/mol. The van der Waals surface area contributed by atoms with E-state index in [1.807, 2.05) is 68.4 Å². The minimum absolute atomic E-state index is 0.0272. The lowest BCUT2D eigenvalue weighted by Gasteiger charge is -2.25. The van der Waals surface area contributed by atoms with Gasteiger partial charge in [-0.15, -0.1) is 0 Å². The third-order valence-electron chi connectivity index (χ3n) is 5.47. The van der Waals surface area contributed by atoms with E-state index in [0.717, 1.165) is 23.1 Å². The third kappa shape index (κ3) is 5.73. The Morgan fingerprint density at radius 2 is 1.81 bits per heavy atom. The average molecular weight is 423 g/mol. The van der Waals surface area contributed by atoms with E-state index >= 15 is 0 Å². The van der Waals surface area contributed by atoms with Crippen LogP contribution in [0, 0.1) is 6.92 Å². The summed E-state index contributed by atoms with van der Waals surface area (Å²) in [4.78, 5) is 29.6. The quantitative estimate of drug-likeness (QED) is 0.493. The van der Waals surface area contributed by atoms with Crippen LogP contribution >= 0.6 is 0 Å². The van der Waals surface area contributed by atoms with Crippen LogP contribution in [0.25, 0.3) is 11.0 Å². The number of methoxy groups -OCH3 is 1. The minimum Gasteiger partial charge on any atom is -0.497 e. The highest BCUT2D eigenvalue weighted by molar-refractivity contribution is 5.82. The number of carbonyl (C=O) groups excluding carboxylic acids is 1. The van der Waals surface area contributed by atoms with Crippen LogP contribution in [0.1, 0.15) is 23.1 Å². The molecule has 0 fully saturated rings. The van der Waals surface area contributed by atoms with Crippen molar-refractivity contribution in [1.82, 2.24) is 9.80 Å². The van der Waals surface area contributed by atoms with E-state index in [2.05, 4.69) is 4.90 Å². The van der Waals surface area contributed by atoms with Crippen molar-refractivity contribution < 1.29 is 13.9 Å². The molecule has 0 atom stereocenters. The summed E-state index contributed by atoms with van der Waals surface area (Å²) in [6.07, 6.45) is 0.607. The fourth-order valence-electron chi connectivity index (χ4n) is 3.60. The standard InChI is InChI=1S/C25H30N2O4/c1-18-21-11-10-20(30-4)16-23(21)31-25(29)22(18)12-13-24(28)27(15-14-26(2)3)17-19-8-6-5-7-9-19/h5-11,16H,12-15,17H2,1-4H3. The topological polar surface area (TPSA) is 63.0 Å². The number of nitrogens with zero attached hydrogens (tertiary/aromatic N) is 2. The van der Waals surface area contributed by atoms with Crippen molar-refractivity contribution >= 4 is 16.9 Å². The van der Waals surface area contributed by atoms with E-state index < -0.39 is 5.63 Å². The number of rotatable bonds is 9. The number of amides is 1. The van der Waals surface area contributed by atoms with Gasteiger partial charge in [-0.05, 0) is 50.7 Å². The van der Waals surface area contributed by atoms with Crippen LogP contribution in [-0.2, 0) is 17.8 Å². The lowest BCUT2D eigenvalue weighted by atomic mass is 10.0. The van der Waals surface area contributed by atoms with Gasteiger partial charge >= 0.3 is 5.63 Å². The maximum absolute atomic E-state index is 13.1. The molecule has 1 aromatic heterocycles. The first-order chi connectivity index (χ1) is 14.9. The number of hydrogen-bond acceptors (Lipinski definition) is 5. The summed E-state index contributed by atoms with van der Waals surface area (Å²) in [6.45, 7) is 3.86. The van der Waals surface area contributed by atoms with Gasteiger partial charge < -0.3 is 19.0 Å². The maximum Gasteiger partial charge on any atom is 0.339 e. The van der Waals surface area contributed by atoms with Crippen LogP contribution in [0.5, 0.6) is 5.75 Å². The Labute approximate surface area is 183 Å². The maximum atomic E-state index is 13.1. The molecule has 2 aromatic carbocycles. The van der Waals surface area contributed by atoms with Gasteiger partial charge in [0.1, 0.15) is 11.3 Å². The first kappa shape index (κ1) is 22.6. The average Bonchev–Trinajstić information content (AvgIpc) is 2.76. The number of ether oxygens (including phenoxy) is 1. The summed E-state index contributed by atoms with van der Waals surface area (Å²) in [5.41, 5.74) is 2.59. The molecule has 0 saturated carbocycles. The van der Waals surface area contributed by atoms with Gasteiger partial charge in [-0.2, -0.15) is 0 Å². The second kappa shape index (κ2) is 10.3. The van der Waals surface area contributed by atoms with E-state index in [9.17, 15) is 9.59 Å². The molecular formula is C25H30N2O4. The molecule has 6 heteroatoms. The van der Waals surface area contributed by atoms with Crippen molar-refractivity contribution in [3.05, 3.63) is 75.6 Å². The molecule has 0 aliphatic carbocycles. The molecule has 1 amide bonds. The number of benzene rings is 2. The molecule has 0 aliphatic heterocycles. The lowest BCUT2D eigenvalue weighted by molar-refractivity contribution is -0.132. The smallest absolute Gasteiger partial charge is 0.339 e. The molecule has 31 heavy (non-hydrogen) atoms. The van der Waals surface area contributed by atoms with Crippen molar-refractivity contribution in [2.75, 3.05) is 34.3 Å². The largest absolute Gasteiger partial charge is 0.497 e. The molecular weight excluding hydrogens is 392 g/mol. The molecule has 1 heterocycles. The van der Waals surface area contributed by atoms with Crippen LogP contribution in [0.4, 0.5) is 0 Å². The fraction of sp³-hybridized carbons (Fsp3) is 0.360. The van der Waals surface area contributed by atoms with Crippen LogP contribution in [0.15, 0.2) is 57.7 Å². The normalized spacial score (nSPS) is 11.1. The predicted octanol–water partition coefficient (Wildman–Crippen LogP) is 3.63. The highest BCUT2D eigenvalue weighted by atomic mass is 16.5. The van der Waals surface area contributed by atoms with E-state index in [1.165, 1.54) is 0 Å². The summed E-state index contributed by atoms with van der Waals surface area (Å²) in [5, 5.41) is 0.858. The molecule has 0 N–H and O–H groups in total. The predicted molar refractivity (Wildman–Crippen MR) is 123 cm³/mol. The van der Waals surface area contributed by atoms with Gasteiger partial charge in [0, 0.05) is 43.1 Å². The van der Waals surface area contributed by atoms with Crippen molar-refractivity contribution in [2.24, 2.45) is 0 Å². The summed E-state index contributed by atoms with van der Waals surface area (Å²) in [6, 6.07) is 15.4. The Morgan fingerprint density at radius 1 is 1.06 bits per heavy atom. The molecule has 0 aliphatic rings. The summed E-state index contributed by atoms with van der Waals surface area (Å²) < 4.78 is 10.7. The van der Waals surface area contributed by atoms with Gasteiger partial charge in [0.05, 0.1) is 7.11 Å². The Balaban J connectivity index is 1.77. The molecule has 3 rings (SSSR count). The van der Waals surface area contributed by atoms with Gasteiger partial charge in [-0.1, -0.05) is 30.3 Å². The van der Waals surface area contributed by atoms with Crippen LogP contribution in [-0.4, -0.2) is 50.0 Å². The lowest BCUT2D eigenvalue weighted by Crippen LogP contribution is -2.36. The van der Waals surface area contributed by atoms with E-state index in [-0.39, 0.29) is 12.3 Å². The summed E-state index contributed by atoms with van der Waals surface area (Å²) in [5.74, 6) is 0.662. The van der Waals surface area contributed by atoms with Crippen LogP contribution < -0.4 is 10.4 Å². The number of hydrogen-bond donors (Lipinski definition) is 0. The molecule has 3 aromatic rings. The van der Waals surface area contributed by atoms with E-state index in [0.29, 0.717) is 36.4 Å². The molecule has 0 saturated heterocycles. The number of likely N-dealkylation sites (N-methyl/N-ethyl adjacent to an activating group) is 1. The van der Waals surface area contributed by atoms with Crippen molar-refractivity contribution in [2.45, 2.75) is 26.3 Å². The van der Waals surface area contributed by atoms with Crippen LogP contribution in [0.3, 0.4) is 0 Å². The zero-order valence-electron chi connectivity index (χ0n) is 18.7. The van der Waals surface area contributed by atoms with Crippen molar-refractivity contribution in [3.8, 4) is 5.75 Å². The van der Waals surface area contributed by atoms with E-state index in [4.69, 9.17) is 9.15 Å². The SMILES string of the molecule is COc1ccc2c(C)c(CCC(=O)N(CCN(C)C)Cc3ccccc3)c(=O)oc2c1. The molecule has 0 bridgehead atoms. The molecule has 6 nitrogen and oxygen atoms in total. The molecule has 0 spiro atoms. The third-order valence-corrected chi connectivity index (χ3v) is 5.47. The Bertz CT molecular complexity index is 1090. The Morgan fingerprint density at radius 3 is 2.48 bits per heavy atom.